The second-order valence-electron chi connectivity index (χ2n) is 5.70. The molecule has 2 aromatic carbocycles. The third-order valence-corrected chi connectivity index (χ3v) is 3.94. The Bertz CT molecular complexity index is 914. The Morgan fingerprint density at radius 2 is 1.79 bits per heavy atom. The maximum Gasteiger partial charge on any atom is 0.276 e. The average molecular weight is 321 g/mol. The van der Waals surface area contributed by atoms with Gasteiger partial charge in [0.25, 0.3) is 11.5 Å². The van der Waals surface area contributed by atoms with Crippen molar-refractivity contribution in [1.82, 2.24) is 10.2 Å². The number of anilines is 1. The van der Waals surface area contributed by atoms with E-state index in [1.54, 1.807) is 24.3 Å². The Balaban J connectivity index is 1.83. The molecule has 0 unspecified atom stereocenters. The lowest BCUT2D eigenvalue weighted by atomic mass is 10.1. The number of carbonyl (C=O) groups is 1. The van der Waals surface area contributed by atoms with Crippen molar-refractivity contribution in [2.45, 2.75) is 26.2 Å². The molecule has 2 N–H and O–H groups in total. The number of fused-ring (bicyclic) bond motifs is 1. The van der Waals surface area contributed by atoms with Crippen LogP contribution in [0.1, 0.15) is 35.8 Å². The molecule has 3 rings (SSSR count). The minimum atomic E-state index is -0.344. The average Bonchev–Trinajstić information content (AvgIpc) is 2.61. The molecule has 122 valence electrons. The SMILES string of the molecule is CCCCc1ccc(NC(=O)c2n[nH]c(=O)c3ccccc23)cc1. The second-order valence-corrected chi connectivity index (χ2v) is 5.70. The van der Waals surface area contributed by atoms with Gasteiger partial charge in [-0.3, -0.25) is 9.59 Å². The van der Waals surface area contributed by atoms with Gasteiger partial charge in [-0.05, 0) is 36.6 Å². The van der Waals surface area contributed by atoms with Crippen LogP contribution in [0, 0.1) is 0 Å². The summed E-state index contributed by atoms with van der Waals surface area (Å²) >= 11 is 0. The maximum absolute atomic E-state index is 12.5. The first kappa shape index (κ1) is 15.9. The van der Waals surface area contributed by atoms with Crippen LogP contribution in [0.2, 0.25) is 0 Å². The first-order valence-electron chi connectivity index (χ1n) is 8.06. The zero-order valence-electron chi connectivity index (χ0n) is 13.5. The van der Waals surface area contributed by atoms with E-state index < -0.39 is 0 Å². The molecule has 5 nitrogen and oxygen atoms in total. The van der Waals surface area contributed by atoms with Gasteiger partial charge in [0, 0.05) is 11.1 Å². The monoisotopic (exact) mass is 321 g/mol. The Morgan fingerprint density at radius 3 is 2.50 bits per heavy atom. The van der Waals surface area contributed by atoms with Crippen LogP contribution < -0.4 is 10.9 Å². The van der Waals surface area contributed by atoms with E-state index >= 15 is 0 Å². The van der Waals surface area contributed by atoms with E-state index in [1.807, 2.05) is 24.3 Å². The number of amides is 1. The zero-order chi connectivity index (χ0) is 16.9. The summed E-state index contributed by atoms with van der Waals surface area (Å²) in [5.74, 6) is -0.344. The highest BCUT2D eigenvalue weighted by Crippen LogP contribution is 2.16. The van der Waals surface area contributed by atoms with Crippen LogP contribution in [0.25, 0.3) is 10.8 Å². The van der Waals surface area contributed by atoms with E-state index in [4.69, 9.17) is 0 Å². The number of benzene rings is 2. The van der Waals surface area contributed by atoms with Crippen molar-refractivity contribution in [3.63, 3.8) is 0 Å². The molecule has 0 saturated heterocycles. The van der Waals surface area contributed by atoms with E-state index in [0.717, 1.165) is 19.3 Å². The number of hydrogen-bond donors (Lipinski definition) is 2. The van der Waals surface area contributed by atoms with Crippen molar-refractivity contribution >= 4 is 22.4 Å². The molecule has 1 heterocycles. The summed E-state index contributed by atoms with van der Waals surface area (Å²) in [5.41, 5.74) is 1.86. The van der Waals surface area contributed by atoms with Crippen molar-refractivity contribution in [2.75, 3.05) is 5.32 Å². The number of nitrogens with zero attached hydrogens (tertiary/aromatic N) is 1. The zero-order valence-corrected chi connectivity index (χ0v) is 13.5. The molecule has 0 aliphatic carbocycles. The maximum atomic E-state index is 12.5. The molecule has 0 radical (unpaired) electrons. The number of aromatic nitrogens is 2. The molecular weight excluding hydrogens is 302 g/mol. The molecule has 0 saturated carbocycles. The molecule has 0 fully saturated rings. The quantitative estimate of drug-likeness (QED) is 0.755. The largest absolute Gasteiger partial charge is 0.321 e. The number of rotatable bonds is 5. The molecule has 0 bridgehead atoms. The lowest BCUT2D eigenvalue weighted by molar-refractivity contribution is 0.102. The minimum absolute atomic E-state index is 0.209. The van der Waals surface area contributed by atoms with E-state index in [9.17, 15) is 9.59 Å². The highest BCUT2D eigenvalue weighted by molar-refractivity contribution is 6.11. The van der Waals surface area contributed by atoms with Crippen LogP contribution in [0.4, 0.5) is 5.69 Å². The first-order chi connectivity index (χ1) is 11.7. The van der Waals surface area contributed by atoms with E-state index in [-0.39, 0.29) is 17.2 Å². The number of aryl methyl sites for hydroxylation is 1. The topological polar surface area (TPSA) is 74.8 Å². The third-order valence-electron chi connectivity index (χ3n) is 3.94. The van der Waals surface area contributed by atoms with Crippen molar-refractivity contribution in [3.8, 4) is 0 Å². The summed E-state index contributed by atoms with van der Waals surface area (Å²) in [5, 5.41) is 10.1. The summed E-state index contributed by atoms with van der Waals surface area (Å²) in [6.07, 6.45) is 3.35. The van der Waals surface area contributed by atoms with E-state index in [1.165, 1.54) is 5.56 Å². The van der Waals surface area contributed by atoms with Crippen molar-refractivity contribution in [1.29, 1.82) is 0 Å². The van der Waals surface area contributed by atoms with Crippen molar-refractivity contribution in [3.05, 3.63) is 70.1 Å². The van der Waals surface area contributed by atoms with Gasteiger partial charge in [-0.25, -0.2) is 5.10 Å². The van der Waals surface area contributed by atoms with Crippen LogP contribution in [0.15, 0.2) is 53.3 Å². The Kier molecular flexibility index (Phi) is 4.70. The fraction of sp³-hybridized carbons (Fsp3) is 0.211. The fourth-order valence-corrected chi connectivity index (χ4v) is 2.61. The fourth-order valence-electron chi connectivity index (χ4n) is 2.61. The number of nitrogens with one attached hydrogen (secondary N) is 2. The normalized spacial score (nSPS) is 10.7. The molecule has 0 aliphatic rings. The molecule has 1 amide bonds. The van der Waals surface area contributed by atoms with E-state index in [2.05, 4.69) is 22.4 Å². The molecule has 24 heavy (non-hydrogen) atoms. The van der Waals surface area contributed by atoms with Gasteiger partial charge in [0.15, 0.2) is 5.69 Å². The summed E-state index contributed by atoms with van der Waals surface area (Å²) in [6, 6.07) is 14.7. The molecule has 5 heteroatoms. The number of H-pyrrole nitrogens is 1. The van der Waals surface area contributed by atoms with Gasteiger partial charge in [0.2, 0.25) is 0 Å². The van der Waals surface area contributed by atoms with Crippen LogP contribution in [0.5, 0.6) is 0 Å². The number of hydrogen-bond acceptors (Lipinski definition) is 3. The summed E-state index contributed by atoms with van der Waals surface area (Å²) in [4.78, 5) is 24.3. The van der Waals surface area contributed by atoms with Crippen LogP contribution in [-0.2, 0) is 6.42 Å². The van der Waals surface area contributed by atoms with Crippen molar-refractivity contribution in [2.24, 2.45) is 0 Å². The number of carbonyl (C=O) groups excluding carboxylic acids is 1. The standard InChI is InChI=1S/C19H19N3O2/c1-2-3-6-13-9-11-14(12-10-13)20-19(24)17-15-7-4-5-8-16(15)18(23)22-21-17/h4-5,7-12H,2-3,6H2,1H3,(H,20,24)(H,22,23). The van der Waals surface area contributed by atoms with Gasteiger partial charge in [-0.2, -0.15) is 5.10 Å². The van der Waals surface area contributed by atoms with Gasteiger partial charge in [0.1, 0.15) is 0 Å². The highest BCUT2D eigenvalue weighted by Gasteiger charge is 2.14. The molecule has 0 atom stereocenters. The lowest BCUT2D eigenvalue weighted by Crippen LogP contribution is -2.19. The number of unbranched alkanes of at least 4 members (excludes halogenated alkanes) is 1. The Hall–Kier alpha value is -2.95. The predicted octanol–water partition coefficient (Wildman–Crippen LogP) is 3.52. The molecular formula is C19H19N3O2. The summed E-state index contributed by atoms with van der Waals surface area (Å²) in [7, 11) is 0. The smallest absolute Gasteiger partial charge is 0.276 e. The van der Waals surface area contributed by atoms with Gasteiger partial charge >= 0.3 is 0 Å². The Labute approximate surface area is 139 Å². The van der Waals surface area contributed by atoms with Gasteiger partial charge < -0.3 is 5.32 Å². The van der Waals surface area contributed by atoms with E-state index in [0.29, 0.717) is 16.5 Å². The third kappa shape index (κ3) is 3.35. The summed E-state index contributed by atoms with van der Waals surface area (Å²) in [6.45, 7) is 2.16. The summed E-state index contributed by atoms with van der Waals surface area (Å²) < 4.78 is 0. The van der Waals surface area contributed by atoms with Gasteiger partial charge in [-0.1, -0.05) is 43.7 Å². The number of aromatic amines is 1. The van der Waals surface area contributed by atoms with Crippen LogP contribution in [-0.4, -0.2) is 16.1 Å². The first-order valence-corrected chi connectivity index (χ1v) is 8.06. The lowest BCUT2D eigenvalue weighted by Gasteiger charge is -2.07. The van der Waals surface area contributed by atoms with Crippen LogP contribution >= 0.6 is 0 Å². The minimum Gasteiger partial charge on any atom is -0.321 e. The predicted molar refractivity (Wildman–Crippen MR) is 95.4 cm³/mol. The van der Waals surface area contributed by atoms with Gasteiger partial charge in [-0.15, -0.1) is 0 Å². The molecule has 0 spiro atoms. The molecule has 1 aromatic heterocycles. The Morgan fingerprint density at radius 1 is 1.08 bits per heavy atom. The molecule has 0 aliphatic heterocycles. The van der Waals surface area contributed by atoms with Crippen molar-refractivity contribution < 1.29 is 4.79 Å². The molecule has 3 aromatic rings. The second kappa shape index (κ2) is 7.08. The highest BCUT2D eigenvalue weighted by atomic mass is 16.2. The van der Waals surface area contributed by atoms with Crippen LogP contribution in [0.3, 0.4) is 0 Å². The van der Waals surface area contributed by atoms with Gasteiger partial charge in [0.05, 0.1) is 5.39 Å².